The quantitative estimate of drug-likeness (QED) is 0.277. The fourth-order valence-corrected chi connectivity index (χ4v) is 5.65. The fraction of sp³-hybridized carbons (Fsp3) is 0. The van der Waals surface area contributed by atoms with Gasteiger partial charge in [0.15, 0.2) is 0 Å². The van der Waals surface area contributed by atoms with Crippen LogP contribution in [0.2, 0.25) is 0 Å². The van der Waals surface area contributed by atoms with Gasteiger partial charge in [-0.25, -0.2) is 4.52 Å². The van der Waals surface area contributed by atoms with Gasteiger partial charge < -0.3 is 4.42 Å². The Bertz CT molecular complexity index is 2290. The average Bonchev–Trinajstić information content (AvgIpc) is 3.58. The zero-order chi connectivity index (χ0) is 24.7. The predicted molar refractivity (Wildman–Crippen MR) is 148 cm³/mol. The Kier molecular flexibility index (Phi) is 3.90. The minimum atomic E-state index is -0.300. The third-order valence-corrected chi connectivity index (χ3v) is 7.34. The van der Waals surface area contributed by atoms with Crippen molar-refractivity contribution in [2.45, 2.75) is 0 Å². The lowest BCUT2D eigenvalue weighted by Gasteiger charge is -2.08. The van der Waals surface area contributed by atoms with E-state index in [9.17, 15) is 9.59 Å². The summed E-state index contributed by atoms with van der Waals surface area (Å²) in [5, 5.41) is 3.25. The second-order valence-electron chi connectivity index (χ2n) is 9.31. The maximum atomic E-state index is 13.2. The van der Waals surface area contributed by atoms with Gasteiger partial charge in [-0.3, -0.25) is 9.59 Å². The van der Waals surface area contributed by atoms with E-state index in [1.165, 1.54) is 4.52 Å². The molecule has 5 aromatic carbocycles. The van der Waals surface area contributed by atoms with Crippen LogP contribution < -0.4 is 11.1 Å². The summed E-state index contributed by atoms with van der Waals surface area (Å²) < 4.78 is 9.24. The summed E-state index contributed by atoms with van der Waals surface area (Å²) in [6, 6.07) is 35.6. The van der Waals surface area contributed by atoms with E-state index in [-0.39, 0.29) is 11.1 Å². The average molecular weight is 479 g/mol. The van der Waals surface area contributed by atoms with Crippen LogP contribution in [0.3, 0.4) is 0 Å². The molecule has 5 nitrogen and oxygen atoms in total. The molecule has 0 bridgehead atoms. The molecule has 0 saturated carbocycles. The Morgan fingerprint density at radius 2 is 1.08 bits per heavy atom. The molecule has 0 N–H and O–H groups in total. The Hall–Kier alpha value is -5.16. The van der Waals surface area contributed by atoms with Gasteiger partial charge in [0, 0.05) is 21.9 Å². The minimum absolute atomic E-state index is 0.294. The lowest BCUT2D eigenvalue weighted by molar-refractivity contribution is 0.670. The first kappa shape index (κ1) is 20.1. The van der Waals surface area contributed by atoms with Crippen molar-refractivity contribution < 1.29 is 4.42 Å². The maximum Gasteiger partial charge on any atom is 0.282 e. The Morgan fingerprint density at radius 3 is 1.89 bits per heavy atom. The van der Waals surface area contributed by atoms with Gasteiger partial charge in [-0.2, -0.15) is 4.52 Å². The molecule has 0 spiro atoms. The van der Waals surface area contributed by atoms with E-state index < -0.39 is 0 Å². The molecule has 0 aliphatic heterocycles. The molecule has 0 amide bonds. The molecule has 174 valence electrons. The number of para-hydroxylation sites is 4. The zero-order valence-corrected chi connectivity index (χ0v) is 19.5. The number of furan rings is 1. The van der Waals surface area contributed by atoms with Crippen LogP contribution in [0.5, 0.6) is 0 Å². The second-order valence-corrected chi connectivity index (χ2v) is 9.31. The molecule has 8 aromatic rings. The lowest BCUT2D eigenvalue weighted by atomic mass is 9.98. The summed E-state index contributed by atoms with van der Waals surface area (Å²) in [4.78, 5) is 26.3. The van der Waals surface area contributed by atoms with E-state index in [1.54, 1.807) is 16.6 Å². The summed E-state index contributed by atoms with van der Waals surface area (Å²) in [7, 11) is 0. The van der Waals surface area contributed by atoms with Gasteiger partial charge in [-0.15, -0.1) is 0 Å². The van der Waals surface area contributed by atoms with Gasteiger partial charge in [0.05, 0.1) is 21.8 Å². The van der Waals surface area contributed by atoms with Gasteiger partial charge in [0.2, 0.25) is 0 Å². The number of fused-ring (bicyclic) bond motifs is 8. The minimum Gasteiger partial charge on any atom is -0.455 e. The zero-order valence-electron chi connectivity index (χ0n) is 19.5. The summed E-state index contributed by atoms with van der Waals surface area (Å²) in [5.41, 5.74) is 6.53. The summed E-state index contributed by atoms with van der Waals surface area (Å²) in [5.74, 6) is 0. The Morgan fingerprint density at radius 1 is 0.486 bits per heavy atom. The van der Waals surface area contributed by atoms with Crippen molar-refractivity contribution in [2.75, 3.05) is 0 Å². The highest BCUT2D eigenvalue weighted by atomic mass is 16.3. The highest BCUT2D eigenvalue weighted by molar-refractivity contribution is 6.09. The van der Waals surface area contributed by atoms with E-state index in [0.29, 0.717) is 10.8 Å². The molecule has 3 heterocycles. The number of nitrogens with zero attached hydrogens (tertiary/aromatic N) is 2. The van der Waals surface area contributed by atoms with E-state index in [0.717, 1.165) is 55.2 Å². The van der Waals surface area contributed by atoms with E-state index >= 15 is 0 Å². The van der Waals surface area contributed by atoms with Crippen LogP contribution in [0.1, 0.15) is 0 Å². The van der Waals surface area contributed by atoms with Crippen LogP contribution in [0.25, 0.3) is 66.0 Å². The van der Waals surface area contributed by atoms with Gasteiger partial charge >= 0.3 is 0 Å². The molecular weight excluding hydrogens is 460 g/mol. The molecule has 0 atom stereocenters. The summed E-state index contributed by atoms with van der Waals surface area (Å²) in [6.45, 7) is 0. The highest BCUT2D eigenvalue weighted by Gasteiger charge is 2.20. The molecular formula is C32H18N2O3. The third kappa shape index (κ3) is 2.63. The predicted octanol–water partition coefficient (Wildman–Crippen LogP) is 6.74. The molecule has 0 fully saturated rings. The van der Waals surface area contributed by atoms with Gasteiger partial charge in [-0.05, 0) is 35.4 Å². The van der Waals surface area contributed by atoms with Crippen molar-refractivity contribution in [3.8, 4) is 22.3 Å². The lowest BCUT2D eigenvalue weighted by Crippen LogP contribution is -2.21. The number of hydrogen-bond acceptors (Lipinski definition) is 3. The van der Waals surface area contributed by atoms with Crippen LogP contribution in [0, 0.1) is 0 Å². The van der Waals surface area contributed by atoms with Crippen LogP contribution >= 0.6 is 0 Å². The molecule has 37 heavy (non-hydrogen) atoms. The van der Waals surface area contributed by atoms with Crippen molar-refractivity contribution in [1.29, 1.82) is 0 Å². The molecule has 0 aliphatic rings. The number of rotatable bonds is 2. The standard InChI is InChI=1S/C32H18N2O3/c35-31-25-8-1-3-13-27(25)33-29-21(9-5-12-26(29)32(36)34(31)33)19-15-17-20(18-16-19)22-10-6-11-24-23-7-2-4-14-28(23)37-30(22)24/h1-18H. The topological polar surface area (TPSA) is 56.1 Å². The van der Waals surface area contributed by atoms with E-state index in [4.69, 9.17) is 4.42 Å². The van der Waals surface area contributed by atoms with Crippen molar-refractivity contribution in [3.63, 3.8) is 0 Å². The van der Waals surface area contributed by atoms with Crippen molar-refractivity contribution in [1.82, 2.24) is 9.03 Å². The highest BCUT2D eigenvalue weighted by Crippen LogP contribution is 2.37. The normalized spacial score (nSPS) is 12.0. The van der Waals surface area contributed by atoms with Crippen molar-refractivity contribution in [3.05, 3.63) is 130 Å². The Balaban J connectivity index is 1.35. The van der Waals surface area contributed by atoms with Crippen molar-refractivity contribution in [2.24, 2.45) is 0 Å². The fourth-order valence-electron chi connectivity index (χ4n) is 5.65. The first-order valence-corrected chi connectivity index (χ1v) is 12.1. The van der Waals surface area contributed by atoms with E-state index in [2.05, 4.69) is 48.5 Å². The number of benzene rings is 5. The summed E-state index contributed by atoms with van der Waals surface area (Å²) >= 11 is 0. The monoisotopic (exact) mass is 478 g/mol. The smallest absolute Gasteiger partial charge is 0.282 e. The molecule has 5 heteroatoms. The second kappa shape index (κ2) is 7.18. The number of hydrogen-bond donors (Lipinski definition) is 0. The van der Waals surface area contributed by atoms with Gasteiger partial charge in [0.1, 0.15) is 11.2 Å². The maximum absolute atomic E-state index is 13.2. The first-order valence-electron chi connectivity index (χ1n) is 12.1. The van der Waals surface area contributed by atoms with Gasteiger partial charge in [-0.1, -0.05) is 84.9 Å². The SMILES string of the molecule is O=c1c2ccccc2n2c3c(-c4ccc(-c5cccc6c5oc5ccccc56)cc4)cccc3c(=O)n12. The number of aromatic nitrogens is 2. The first-order chi connectivity index (χ1) is 18.2. The molecule has 0 aliphatic carbocycles. The van der Waals surface area contributed by atoms with Crippen molar-refractivity contribution >= 4 is 43.7 Å². The molecule has 0 radical (unpaired) electrons. The molecule has 0 unspecified atom stereocenters. The molecule has 8 rings (SSSR count). The molecule has 0 saturated heterocycles. The van der Waals surface area contributed by atoms with Crippen LogP contribution in [0.15, 0.2) is 123 Å². The van der Waals surface area contributed by atoms with Crippen LogP contribution in [0.4, 0.5) is 0 Å². The largest absolute Gasteiger partial charge is 0.455 e. The van der Waals surface area contributed by atoms with E-state index in [1.807, 2.05) is 48.5 Å². The van der Waals surface area contributed by atoms with Gasteiger partial charge in [0.25, 0.3) is 11.1 Å². The summed E-state index contributed by atoms with van der Waals surface area (Å²) in [6.07, 6.45) is 0. The third-order valence-electron chi connectivity index (χ3n) is 7.34. The van der Waals surface area contributed by atoms with Crippen LogP contribution in [-0.4, -0.2) is 9.03 Å². The van der Waals surface area contributed by atoms with Crippen LogP contribution in [-0.2, 0) is 0 Å². The molecule has 3 aromatic heterocycles. The Labute approximate surface area is 209 Å².